The summed E-state index contributed by atoms with van der Waals surface area (Å²) < 4.78 is 1.72. The Kier molecular flexibility index (Phi) is 3.28. The van der Waals surface area contributed by atoms with Crippen LogP contribution < -0.4 is 5.32 Å². The smallest absolute Gasteiger partial charge is 0.227 e. The number of aromatic nitrogens is 2. The molecule has 0 aliphatic rings. The summed E-state index contributed by atoms with van der Waals surface area (Å²) in [6.45, 7) is 5.77. The third-order valence-corrected chi connectivity index (χ3v) is 2.02. The van der Waals surface area contributed by atoms with Crippen molar-refractivity contribution in [2.75, 3.05) is 5.32 Å². The van der Waals surface area contributed by atoms with Gasteiger partial charge in [0, 0.05) is 19.2 Å². The Morgan fingerprint density at radius 2 is 2.29 bits per heavy atom. The van der Waals surface area contributed by atoms with Gasteiger partial charge < -0.3 is 5.32 Å². The molecule has 1 N–H and O–H groups in total. The molecule has 0 unspecified atom stereocenters. The third kappa shape index (κ3) is 2.34. The number of aryl methyl sites for hydroxylation is 2. The fourth-order valence-electron chi connectivity index (χ4n) is 1.18. The zero-order valence-corrected chi connectivity index (χ0v) is 9.16. The lowest BCUT2D eigenvalue weighted by Gasteiger charge is -2.06. The lowest BCUT2D eigenvalue weighted by molar-refractivity contribution is -0.118. The predicted molar refractivity (Wildman–Crippen MR) is 56.1 cm³/mol. The first kappa shape index (κ1) is 10.8. The van der Waals surface area contributed by atoms with Crippen LogP contribution in [0.15, 0.2) is 6.20 Å². The van der Waals surface area contributed by atoms with Gasteiger partial charge in [0.1, 0.15) is 0 Å². The van der Waals surface area contributed by atoms with Crippen LogP contribution in [0.2, 0.25) is 0 Å². The SMILES string of the molecule is CCc1nn(C)cc1NC(=O)C(C)C. The van der Waals surface area contributed by atoms with E-state index in [0.29, 0.717) is 0 Å². The van der Waals surface area contributed by atoms with E-state index in [9.17, 15) is 4.79 Å². The number of amides is 1. The van der Waals surface area contributed by atoms with Crippen molar-refractivity contribution in [2.45, 2.75) is 27.2 Å². The maximum atomic E-state index is 11.4. The Morgan fingerprint density at radius 3 is 2.79 bits per heavy atom. The van der Waals surface area contributed by atoms with Gasteiger partial charge in [-0.25, -0.2) is 0 Å². The van der Waals surface area contributed by atoms with Crippen LogP contribution in [-0.4, -0.2) is 15.7 Å². The molecule has 0 radical (unpaired) electrons. The molecule has 0 bridgehead atoms. The molecular weight excluding hydrogens is 178 g/mol. The minimum Gasteiger partial charge on any atom is -0.323 e. The Morgan fingerprint density at radius 1 is 1.64 bits per heavy atom. The Balaban J connectivity index is 2.80. The lowest BCUT2D eigenvalue weighted by Crippen LogP contribution is -2.18. The molecule has 4 heteroatoms. The normalized spacial score (nSPS) is 10.6. The number of nitrogens with one attached hydrogen (secondary N) is 1. The van der Waals surface area contributed by atoms with E-state index in [0.717, 1.165) is 17.8 Å². The highest BCUT2D eigenvalue weighted by atomic mass is 16.1. The molecule has 0 saturated heterocycles. The summed E-state index contributed by atoms with van der Waals surface area (Å²) >= 11 is 0. The average Bonchev–Trinajstić information content (AvgIpc) is 2.45. The van der Waals surface area contributed by atoms with Crippen LogP contribution in [0.25, 0.3) is 0 Å². The monoisotopic (exact) mass is 195 g/mol. The molecule has 14 heavy (non-hydrogen) atoms. The maximum absolute atomic E-state index is 11.4. The summed E-state index contributed by atoms with van der Waals surface area (Å²) in [5.41, 5.74) is 1.76. The maximum Gasteiger partial charge on any atom is 0.227 e. The molecule has 0 spiro atoms. The van der Waals surface area contributed by atoms with Gasteiger partial charge in [0.05, 0.1) is 11.4 Å². The van der Waals surface area contributed by atoms with E-state index in [-0.39, 0.29) is 11.8 Å². The highest BCUT2D eigenvalue weighted by molar-refractivity contribution is 5.92. The number of carbonyl (C=O) groups is 1. The standard InChI is InChI=1S/C10H17N3O/c1-5-8-9(6-13(4)12-8)11-10(14)7(2)3/h6-7H,5H2,1-4H3,(H,11,14). The van der Waals surface area contributed by atoms with Gasteiger partial charge in [-0.2, -0.15) is 5.10 Å². The highest BCUT2D eigenvalue weighted by Crippen LogP contribution is 2.14. The topological polar surface area (TPSA) is 46.9 Å². The van der Waals surface area contributed by atoms with Crippen LogP contribution in [0.3, 0.4) is 0 Å². The van der Waals surface area contributed by atoms with E-state index >= 15 is 0 Å². The molecule has 0 saturated carbocycles. The molecule has 1 aromatic rings. The Hall–Kier alpha value is -1.32. The molecule has 1 amide bonds. The third-order valence-electron chi connectivity index (χ3n) is 2.02. The summed E-state index contributed by atoms with van der Waals surface area (Å²) in [5, 5.41) is 7.10. The zero-order chi connectivity index (χ0) is 10.7. The largest absolute Gasteiger partial charge is 0.323 e. The van der Waals surface area contributed by atoms with E-state index in [1.807, 2.05) is 34.0 Å². The van der Waals surface area contributed by atoms with Crippen molar-refractivity contribution in [1.82, 2.24) is 9.78 Å². The van der Waals surface area contributed by atoms with E-state index in [1.165, 1.54) is 0 Å². The number of rotatable bonds is 3. The molecule has 0 aliphatic carbocycles. The van der Waals surface area contributed by atoms with Crippen molar-refractivity contribution in [1.29, 1.82) is 0 Å². The van der Waals surface area contributed by atoms with Crippen LogP contribution >= 0.6 is 0 Å². The molecule has 0 fully saturated rings. The van der Waals surface area contributed by atoms with Crippen molar-refractivity contribution < 1.29 is 4.79 Å². The average molecular weight is 195 g/mol. The van der Waals surface area contributed by atoms with Crippen molar-refractivity contribution in [2.24, 2.45) is 13.0 Å². The first-order valence-corrected chi connectivity index (χ1v) is 4.88. The van der Waals surface area contributed by atoms with E-state index in [1.54, 1.807) is 4.68 Å². The quantitative estimate of drug-likeness (QED) is 0.796. The van der Waals surface area contributed by atoms with Crippen LogP contribution in [0, 0.1) is 5.92 Å². The second-order valence-electron chi connectivity index (χ2n) is 3.66. The van der Waals surface area contributed by atoms with Gasteiger partial charge >= 0.3 is 0 Å². The summed E-state index contributed by atoms with van der Waals surface area (Å²) in [7, 11) is 1.85. The molecule has 0 aromatic carbocycles. The van der Waals surface area contributed by atoms with Gasteiger partial charge in [0.15, 0.2) is 0 Å². The van der Waals surface area contributed by atoms with Gasteiger partial charge in [0.2, 0.25) is 5.91 Å². The second-order valence-corrected chi connectivity index (χ2v) is 3.66. The van der Waals surface area contributed by atoms with Gasteiger partial charge in [0.25, 0.3) is 0 Å². The van der Waals surface area contributed by atoms with Crippen LogP contribution in [-0.2, 0) is 18.3 Å². The molecular formula is C10H17N3O. The Bertz CT molecular complexity index is 328. The van der Waals surface area contributed by atoms with Crippen LogP contribution in [0.5, 0.6) is 0 Å². The molecule has 78 valence electrons. The number of nitrogens with zero attached hydrogens (tertiary/aromatic N) is 2. The number of hydrogen-bond donors (Lipinski definition) is 1. The van der Waals surface area contributed by atoms with Crippen molar-refractivity contribution in [3.63, 3.8) is 0 Å². The summed E-state index contributed by atoms with van der Waals surface area (Å²) in [6, 6.07) is 0. The number of anilines is 1. The van der Waals surface area contributed by atoms with Gasteiger partial charge in [-0.1, -0.05) is 20.8 Å². The van der Waals surface area contributed by atoms with Crippen LogP contribution in [0.1, 0.15) is 26.5 Å². The van der Waals surface area contributed by atoms with E-state index in [2.05, 4.69) is 10.4 Å². The minimum atomic E-state index is -0.0000813. The zero-order valence-electron chi connectivity index (χ0n) is 9.16. The molecule has 1 rings (SSSR count). The molecule has 0 aliphatic heterocycles. The summed E-state index contributed by atoms with van der Waals surface area (Å²) in [5.74, 6) is 0.0348. The first-order chi connectivity index (χ1) is 6.54. The summed E-state index contributed by atoms with van der Waals surface area (Å²) in [4.78, 5) is 11.4. The predicted octanol–water partition coefficient (Wildman–Crippen LogP) is 1.58. The van der Waals surface area contributed by atoms with Gasteiger partial charge in [-0.05, 0) is 6.42 Å². The van der Waals surface area contributed by atoms with Crippen molar-refractivity contribution >= 4 is 11.6 Å². The fourth-order valence-corrected chi connectivity index (χ4v) is 1.18. The number of hydrogen-bond acceptors (Lipinski definition) is 2. The van der Waals surface area contributed by atoms with Gasteiger partial charge in [-0.15, -0.1) is 0 Å². The van der Waals surface area contributed by atoms with Gasteiger partial charge in [-0.3, -0.25) is 9.48 Å². The highest BCUT2D eigenvalue weighted by Gasteiger charge is 2.11. The van der Waals surface area contributed by atoms with Crippen molar-refractivity contribution in [3.05, 3.63) is 11.9 Å². The second kappa shape index (κ2) is 4.26. The number of carbonyl (C=O) groups excluding carboxylic acids is 1. The lowest BCUT2D eigenvalue weighted by atomic mass is 10.2. The van der Waals surface area contributed by atoms with E-state index in [4.69, 9.17) is 0 Å². The first-order valence-electron chi connectivity index (χ1n) is 4.88. The van der Waals surface area contributed by atoms with Crippen molar-refractivity contribution in [3.8, 4) is 0 Å². The summed E-state index contributed by atoms with van der Waals surface area (Å²) in [6.07, 6.45) is 2.66. The van der Waals surface area contributed by atoms with E-state index < -0.39 is 0 Å². The van der Waals surface area contributed by atoms with Crippen LogP contribution in [0.4, 0.5) is 5.69 Å². The fraction of sp³-hybridized carbons (Fsp3) is 0.600. The molecule has 4 nitrogen and oxygen atoms in total. The molecule has 1 aromatic heterocycles. The Labute approximate surface area is 84.3 Å². The molecule has 1 heterocycles. The molecule has 0 atom stereocenters. The minimum absolute atomic E-state index is 0.0000813.